The van der Waals surface area contributed by atoms with E-state index >= 15 is 0 Å². The number of nitrogens with two attached hydrogens (primary N) is 1. The van der Waals surface area contributed by atoms with E-state index < -0.39 is 10.3 Å². The van der Waals surface area contributed by atoms with E-state index in [1.807, 2.05) is 13.8 Å². The summed E-state index contributed by atoms with van der Waals surface area (Å²) in [5.41, 5.74) is 5.06. The molecule has 0 spiro atoms. The number of rotatable bonds is 5. The van der Waals surface area contributed by atoms with Gasteiger partial charge in [-0.05, 0) is 6.92 Å². The van der Waals surface area contributed by atoms with Gasteiger partial charge in [-0.3, -0.25) is 10.1 Å². The zero-order valence-corrected chi connectivity index (χ0v) is 10.6. The van der Waals surface area contributed by atoms with Crippen LogP contribution in [-0.4, -0.2) is 33.1 Å². The third kappa shape index (κ3) is 3.27. The average Bonchev–Trinajstić information content (AvgIpc) is 2.25. The Morgan fingerprint density at radius 3 is 2.61 bits per heavy atom. The molecule has 0 aliphatic carbocycles. The number of aryl methyl sites for hydroxylation is 1. The zero-order valence-electron chi connectivity index (χ0n) is 10.6. The predicted octanol–water partition coefficient (Wildman–Crippen LogP) is 0.706. The van der Waals surface area contributed by atoms with Gasteiger partial charge in [-0.2, -0.15) is 4.98 Å². The minimum atomic E-state index is -0.553. The summed E-state index contributed by atoms with van der Waals surface area (Å²) < 4.78 is 0. The van der Waals surface area contributed by atoms with Crippen molar-refractivity contribution in [3.63, 3.8) is 0 Å². The average molecular weight is 255 g/mol. The molecule has 0 bridgehead atoms. The number of hydrogen-bond acceptors (Lipinski definition) is 7. The molecule has 100 valence electrons. The third-order valence-electron chi connectivity index (χ3n) is 2.42. The maximum Gasteiger partial charge on any atom is 0.332 e. The van der Waals surface area contributed by atoms with E-state index in [4.69, 9.17) is 10.8 Å². The van der Waals surface area contributed by atoms with Crippen molar-refractivity contribution in [3.05, 3.63) is 15.8 Å². The van der Waals surface area contributed by atoms with E-state index in [0.717, 1.165) is 0 Å². The lowest BCUT2D eigenvalue weighted by Gasteiger charge is -2.22. The molecule has 0 radical (unpaired) electrons. The highest BCUT2D eigenvalue weighted by Crippen LogP contribution is 2.27. The number of nitrogens with one attached hydrogen (secondary N) is 1. The standard InChI is InChI=1S/C10H17N5O3/c1-6-7(15(17)18)8(14-9(11)13-6)12-4-10(2,3)5-16/h16H,4-5H2,1-3H3,(H3,11,12,13,14). The van der Waals surface area contributed by atoms with Gasteiger partial charge in [0.1, 0.15) is 5.69 Å². The highest BCUT2D eigenvalue weighted by atomic mass is 16.6. The van der Waals surface area contributed by atoms with Crippen LogP contribution in [0.4, 0.5) is 17.5 Å². The highest BCUT2D eigenvalue weighted by Gasteiger charge is 2.24. The molecule has 4 N–H and O–H groups in total. The summed E-state index contributed by atoms with van der Waals surface area (Å²) in [6.45, 7) is 5.43. The van der Waals surface area contributed by atoms with Gasteiger partial charge in [0.05, 0.1) is 4.92 Å². The first-order valence-electron chi connectivity index (χ1n) is 5.40. The molecule has 0 saturated heterocycles. The lowest BCUT2D eigenvalue weighted by atomic mass is 9.95. The van der Waals surface area contributed by atoms with Gasteiger partial charge in [0.2, 0.25) is 11.8 Å². The van der Waals surface area contributed by atoms with Crippen LogP contribution in [0.15, 0.2) is 0 Å². The Labute approximate surface area is 104 Å². The van der Waals surface area contributed by atoms with Crippen LogP contribution in [0.25, 0.3) is 0 Å². The summed E-state index contributed by atoms with van der Waals surface area (Å²) in [5, 5.41) is 22.9. The molecule has 0 fully saturated rings. The van der Waals surface area contributed by atoms with Crippen LogP contribution in [0.5, 0.6) is 0 Å². The fraction of sp³-hybridized carbons (Fsp3) is 0.600. The highest BCUT2D eigenvalue weighted by molar-refractivity contribution is 5.60. The first kappa shape index (κ1) is 14.1. The van der Waals surface area contributed by atoms with Crippen molar-refractivity contribution in [2.24, 2.45) is 5.41 Å². The molecule has 1 rings (SSSR count). The molecule has 1 aromatic heterocycles. The fourth-order valence-electron chi connectivity index (χ4n) is 1.31. The minimum absolute atomic E-state index is 0.0256. The second-order valence-corrected chi connectivity index (χ2v) is 4.80. The molecular formula is C10H17N5O3. The Morgan fingerprint density at radius 2 is 2.11 bits per heavy atom. The van der Waals surface area contributed by atoms with Crippen molar-refractivity contribution < 1.29 is 10.0 Å². The van der Waals surface area contributed by atoms with Crippen molar-refractivity contribution in [2.45, 2.75) is 20.8 Å². The van der Waals surface area contributed by atoms with Gasteiger partial charge >= 0.3 is 5.69 Å². The summed E-state index contributed by atoms with van der Waals surface area (Å²) >= 11 is 0. The summed E-state index contributed by atoms with van der Waals surface area (Å²) in [5.74, 6) is 0.0499. The Hall–Kier alpha value is -1.96. The number of aromatic nitrogens is 2. The lowest BCUT2D eigenvalue weighted by molar-refractivity contribution is -0.385. The number of anilines is 2. The maximum atomic E-state index is 10.9. The molecule has 0 atom stereocenters. The van der Waals surface area contributed by atoms with Gasteiger partial charge in [-0.1, -0.05) is 13.8 Å². The van der Waals surface area contributed by atoms with Crippen LogP contribution in [0.2, 0.25) is 0 Å². The predicted molar refractivity (Wildman–Crippen MR) is 67.2 cm³/mol. The first-order valence-corrected chi connectivity index (χ1v) is 5.40. The van der Waals surface area contributed by atoms with Crippen molar-refractivity contribution >= 4 is 17.5 Å². The summed E-state index contributed by atoms with van der Waals surface area (Å²) in [4.78, 5) is 18.0. The van der Waals surface area contributed by atoms with Crippen molar-refractivity contribution in [2.75, 3.05) is 24.2 Å². The first-order chi connectivity index (χ1) is 8.26. The van der Waals surface area contributed by atoms with Crippen LogP contribution in [0, 0.1) is 22.5 Å². The van der Waals surface area contributed by atoms with Gasteiger partial charge in [0.15, 0.2) is 0 Å². The zero-order chi connectivity index (χ0) is 13.9. The van der Waals surface area contributed by atoms with Crippen LogP contribution in [0.1, 0.15) is 19.5 Å². The van der Waals surface area contributed by atoms with E-state index in [-0.39, 0.29) is 29.8 Å². The number of aliphatic hydroxyl groups is 1. The largest absolute Gasteiger partial charge is 0.396 e. The molecule has 0 amide bonds. The van der Waals surface area contributed by atoms with Crippen LogP contribution < -0.4 is 11.1 Å². The van der Waals surface area contributed by atoms with Gasteiger partial charge in [-0.25, -0.2) is 4.98 Å². The third-order valence-corrected chi connectivity index (χ3v) is 2.42. The van der Waals surface area contributed by atoms with E-state index in [0.29, 0.717) is 6.54 Å². The second kappa shape index (κ2) is 5.13. The fourth-order valence-corrected chi connectivity index (χ4v) is 1.31. The number of nitro groups is 1. The summed E-state index contributed by atoms with van der Waals surface area (Å²) in [6, 6.07) is 0. The van der Waals surface area contributed by atoms with Crippen molar-refractivity contribution in [3.8, 4) is 0 Å². The second-order valence-electron chi connectivity index (χ2n) is 4.80. The molecule has 1 aromatic rings. The number of nitrogens with zero attached hydrogens (tertiary/aromatic N) is 3. The lowest BCUT2D eigenvalue weighted by Crippen LogP contribution is -2.27. The molecule has 0 unspecified atom stereocenters. The van der Waals surface area contributed by atoms with Crippen molar-refractivity contribution in [1.82, 2.24) is 9.97 Å². The molecule has 1 heterocycles. The van der Waals surface area contributed by atoms with Crippen LogP contribution in [-0.2, 0) is 0 Å². The maximum absolute atomic E-state index is 10.9. The van der Waals surface area contributed by atoms with Crippen LogP contribution in [0.3, 0.4) is 0 Å². The summed E-state index contributed by atoms with van der Waals surface area (Å²) in [7, 11) is 0. The molecule has 0 saturated carbocycles. The van der Waals surface area contributed by atoms with Gasteiger partial charge in [0, 0.05) is 18.6 Å². The normalized spacial score (nSPS) is 11.3. The molecular weight excluding hydrogens is 238 g/mol. The van der Waals surface area contributed by atoms with Gasteiger partial charge in [0.25, 0.3) is 0 Å². The monoisotopic (exact) mass is 255 g/mol. The SMILES string of the molecule is Cc1nc(N)nc(NCC(C)(C)CO)c1[N+](=O)[O-]. The smallest absolute Gasteiger partial charge is 0.332 e. The quantitative estimate of drug-likeness (QED) is 0.522. The van der Waals surface area contributed by atoms with Gasteiger partial charge < -0.3 is 16.2 Å². The Morgan fingerprint density at radius 1 is 1.50 bits per heavy atom. The number of hydrogen-bond donors (Lipinski definition) is 3. The molecule has 0 aliphatic heterocycles. The molecule has 8 heteroatoms. The molecule has 0 aromatic carbocycles. The van der Waals surface area contributed by atoms with Gasteiger partial charge in [-0.15, -0.1) is 0 Å². The molecule has 0 aliphatic rings. The topological polar surface area (TPSA) is 127 Å². The van der Waals surface area contributed by atoms with E-state index in [2.05, 4.69) is 15.3 Å². The minimum Gasteiger partial charge on any atom is -0.396 e. The summed E-state index contributed by atoms with van der Waals surface area (Å²) in [6.07, 6.45) is 0. The Bertz CT molecular complexity index is 461. The molecule has 8 nitrogen and oxygen atoms in total. The van der Waals surface area contributed by atoms with E-state index in [1.54, 1.807) is 0 Å². The van der Waals surface area contributed by atoms with Crippen LogP contribution >= 0.6 is 0 Å². The van der Waals surface area contributed by atoms with Crippen molar-refractivity contribution in [1.29, 1.82) is 0 Å². The Kier molecular flexibility index (Phi) is 4.02. The molecule has 18 heavy (non-hydrogen) atoms. The number of nitrogen functional groups attached to an aromatic ring is 1. The van der Waals surface area contributed by atoms with E-state index in [1.165, 1.54) is 6.92 Å². The Balaban J connectivity index is 3.04. The number of aliphatic hydroxyl groups excluding tert-OH is 1. The van der Waals surface area contributed by atoms with E-state index in [9.17, 15) is 10.1 Å².